The molecular formula is C11H19NO6S. The Morgan fingerprint density at radius 2 is 2.00 bits per heavy atom. The summed E-state index contributed by atoms with van der Waals surface area (Å²) in [6, 6.07) is 0. The predicted octanol–water partition coefficient (Wildman–Crippen LogP) is -0.0781. The third-order valence-electron chi connectivity index (χ3n) is 3.24. The molecule has 0 aliphatic carbocycles. The maximum atomic E-state index is 11.8. The number of esters is 1. The van der Waals surface area contributed by atoms with Crippen molar-refractivity contribution in [2.75, 3.05) is 25.4 Å². The fraction of sp³-hybridized carbons (Fsp3) is 0.818. The van der Waals surface area contributed by atoms with E-state index in [1.54, 1.807) is 13.8 Å². The summed E-state index contributed by atoms with van der Waals surface area (Å²) in [7, 11) is -3.49. The molecule has 1 unspecified atom stereocenters. The molecule has 0 bridgehead atoms. The summed E-state index contributed by atoms with van der Waals surface area (Å²) < 4.78 is 29.5. The van der Waals surface area contributed by atoms with Gasteiger partial charge < -0.3 is 9.84 Å². The average Bonchev–Trinajstić information content (AvgIpc) is 2.24. The zero-order valence-corrected chi connectivity index (χ0v) is 11.9. The van der Waals surface area contributed by atoms with Crippen LogP contribution in [-0.2, 0) is 24.3 Å². The highest BCUT2D eigenvalue weighted by molar-refractivity contribution is 7.89. The molecule has 110 valence electrons. The Morgan fingerprint density at radius 1 is 1.42 bits per heavy atom. The SMILES string of the molecule is CCOC(=O)CCS(=O)(=O)N1CC(C(C)C(=O)O)C1. The van der Waals surface area contributed by atoms with Crippen molar-refractivity contribution in [1.82, 2.24) is 4.31 Å². The summed E-state index contributed by atoms with van der Waals surface area (Å²) in [5.41, 5.74) is 0. The maximum absolute atomic E-state index is 11.8. The summed E-state index contributed by atoms with van der Waals surface area (Å²) in [6.45, 7) is 3.85. The van der Waals surface area contributed by atoms with Crippen LogP contribution in [0, 0.1) is 11.8 Å². The van der Waals surface area contributed by atoms with Crippen molar-refractivity contribution < 1.29 is 27.9 Å². The predicted molar refractivity (Wildman–Crippen MR) is 66.9 cm³/mol. The number of carboxylic acid groups (broad SMARTS) is 1. The molecule has 19 heavy (non-hydrogen) atoms. The standard InChI is InChI=1S/C11H19NO6S/c1-3-18-10(13)4-5-19(16,17)12-6-9(7-12)8(2)11(14)15/h8-9H,3-7H2,1-2H3,(H,14,15). The molecule has 1 atom stereocenters. The number of nitrogens with zero attached hydrogens (tertiary/aromatic N) is 1. The number of hydrogen-bond donors (Lipinski definition) is 1. The van der Waals surface area contributed by atoms with Crippen LogP contribution >= 0.6 is 0 Å². The van der Waals surface area contributed by atoms with Crippen molar-refractivity contribution in [3.05, 3.63) is 0 Å². The van der Waals surface area contributed by atoms with Gasteiger partial charge in [-0.15, -0.1) is 0 Å². The minimum atomic E-state index is -3.49. The summed E-state index contributed by atoms with van der Waals surface area (Å²) in [4.78, 5) is 21.8. The quantitative estimate of drug-likeness (QED) is 0.659. The van der Waals surface area contributed by atoms with E-state index in [4.69, 9.17) is 5.11 Å². The number of sulfonamides is 1. The van der Waals surface area contributed by atoms with Crippen LogP contribution in [0.1, 0.15) is 20.3 Å². The topological polar surface area (TPSA) is 101 Å². The van der Waals surface area contributed by atoms with Crippen molar-refractivity contribution in [2.24, 2.45) is 11.8 Å². The first-order chi connectivity index (χ1) is 8.77. The first kappa shape index (κ1) is 15.9. The number of ether oxygens (including phenoxy) is 1. The molecule has 0 aromatic carbocycles. The van der Waals surface area contributed by atoms with Gasteiger partial charge >= 0.3 is 11.9 Å². The number of rotatable bonds is 7. The Bertz CT molecular complexity index is 440. The molecule has 0 radical (unpaired) electrons. The third-order valence-corrected chi connectivity index (χ3v) is 5.04. The van der Waals surface area contributed by atoms with Crippen LogP contribution in [0.15, 0.2) is 0 Å². The monoisotopic (exact) mass is 293 g/mol. The van der Waals surface area contributed by atoms with E-state index in [9.17, 15) is 18.0 Å². The minimum absolute atomic E-state index is 0.158. The van der Waals surface area contributed by atoms with Crippen LogP contribution in [0.5, 0.6) is 0 Å². The van der Waals surface area contributed by atoms with Crippen LogP contribution in [0.25, 0.3) is 0 Å². The summed E-state index contributed by atoms with van der Waals surface area (Å²) in [6.07, 6.45) is -0.175. The van der Waals surface area contributed by atoms with E-state index in [2.05, 4.69) is 4.74 Å². The zero-order valence-electron chi connectivity index (χ0n) is 11.0. The van der Waals surface area contributed by atoms with Gasteiger partial charge in [-0.25, -0.2) is 12.7 Å². The fourth-order valence-corrected chi connectivity index (χ4v) is 3.31. The van der Waals surface area contributed by atoms with E-state index in [0.29, 0.717) is 0 Å². The van der Waals surface area contributed by atoms with Crippen LogP contribution in [-0.4, -0.2) is 55.2 Å². The number of hydrogen-bond acceptors (Lipinski definition) is 5. The molecule has 1 aliphatic heterocycles. The molecule has 0 aromatic heterocycles. The second-order valence-electron chi connectivity index (χ2n) is 4.58. The zero-order chi connectivity index (χ0) is 14.6. The Hall–Kier alpha value is -1.15. The van der Waals surface area contributed by atoms with E-state index in [0.717, 1.165) is 0 Å². The molecular weight excluding hydrogens is 274 g/mol. The van der Waals surface area contributed by atoms with Crippen LogP contribution < -0.4 is 0 Å². The van der Waals surface area contributed by atoms with Gasteiger partial charge in [0.25, 0.3) is 0 Å². The Balaban J connectivity index is 2.41. The molecule has 1 rings (SSSR count). The van der Waals surface area contributed by atoms with Gasteiger partial charge in [-0.3, -0.25) is 9.59 Å². The molecule has 8 heteroatoms. The highest BCUT2D eigenvalue weighted by Crippen LogP contribution is 2.27. The lowest BCUT2D eigenvalue weighted by atomic mass is 9.89. The molecule has 1 aliphatic rings. The van der Waals surface area contributed by atoms with E-state index >= 15 is 0 Å². The molecule has 0 aromatic rings. The summed E-state index contributed by atoms with van der Waals surface area (Å²) in [5, 5.41) is 8.81. The lowest BCUT2D eigenvalue weighted by Crippen LogP contribution is -2.54. The van der Waals surface area contributed by atoms with Crippen molar-refractivity contribution in [2.45, 2.75) is 20.3 Å². The Labute approximate surface area is 112 Å². The molecule has 0 saturated carbocycles. The van der Waals surface area contributed by atoms with Gasteiger partial charge in [0.2, 0.25) is 10.0 Å². The first-order valence-electron chi connectivity index (χ1n) is 6.14. The van der Waals surface area contributed by atoms with Gasteiger partial charge in [-0.05, 0) is 12.8 Å². The number of carbonyl (C=O) groups is 2. The van der Waals surface area contributed by atoms with E-state index in [-0.39, 0.29) is 37.8 Å². The number of aliphatic carboxylic acids is 1. The molecule has 0 spiro atoms. The van der Waals surface area contributed by atoms with Crippen molar-refractivity contribution in [3.63, 3.8) is 0 Å². The van der Waals surface area contributed by atoms with Crippen molar-refractivity contribution in [3.8, 4) is 0 Å². The summed E-state index contributed by atoms with van der Waals surface area (Å²) in [5.74, 6) is -2.47. The molecule has 1 N–H and O–H groups in total. The van der Waals surface area contributed by atoms with Gasteiger partial charge in [0.05, 0.1) is 24.7 Å². The molecule has 0 amide bonds. The second kappa shape index (κ2) is 6.33. The lowest BCUT2D eigenvalue weighted by molar-refractivity contribution is -0.144. The molecule has 1 saturated heterocycles. The Morgan fingerprint density at radius 3 is 2.47 bits per heavy atom. The van der Waals surface area contributed by atoms with Gasteiger partial charge in [0, 0.05) is 13.1 Å². The van der Waals surface area contributed by atoms with Gasteiger partial charge in [-0.1, -0.05) is 6.92 Å². The fourth-order valence-electron chi connectivity index (χ4n) is 1.79. The van der Waals surface area contributed by atoms with Crippen molar-refractivity contribution >= 4 is 22.0 Å². The number of carbonyl (C=O) groups excluding carboxylic acids is 1. The highest BCUT2D eigenvalue weighted by Gasteiger charge is 2.40. The molecule has 1 fully saturated rings. The van der Waals surface area contributed by atoms with E-state index in [1.165, 1.54) is 4.31 Å². The first-order valence-corrected chi connectivity index (χ1v) is 7.75. The van der Waals surface area contributed by atoms with Crippen LogP contribution in [0.3, 0.4) is 0 Å². The van der Waals surface area contributed by atoms with E-state index < -0.39 is 27.9 Å². The largest absolute Gasteiger partial charge is 0.481 e. The summed E-state index contributed by atoms with van der Waals surface area (Å²) >= 11 is 0. The minimum Gasteiger partial charge on any atom is -0.481 e. The van der Waals surface area contributed by atoms with Crippen LogP contribution in [0.4, 0.5) is 0 Å². The normalized spacial score (nSPS) is 18.6. The average molecular weight is 293 g/mol. The van der Waals surface area contributed by atoms with Crippen molar-refractivity contribution in [1.29, 1.82) is 0 Å². The lowest BCUT2D eigenvalue weighted by Gasteiger charge is -2.39. The molecule has 1 heterocycles. The van der Waals surface area contributed by atoms with Gasteiger partial charge in [0.15, 0.2) is 0 Å². The van der Waals surface area contributed by atoms with Crippen LogP contribution in [0.2, 0.25) is 0 Å². The van der Waals surface area contributed by atoms with E-state index in [1.807, 2.05) is 0 Å². The number of carboxylic acids is 1. The Kier molecular flexibility index (Phi) is 5.30. The second-order valence-corrected chi connectivity index (χ2v) is 6.66. The smallest absolute Gasteiger partial charge is 0.306 e. The maximum Gasteiger partial charge on any atom is 0.306 e. The van der Waals surface area contributed by atoms with Gasteiger partial charge in [0.1, 0.15) is 0 Å². The highest BCUT2D eigenvalue weighted by atomic mass is 32.2. The third kappa shape index (κ3) is 4.17. The van der Waals surface area contributed by atoms with Gasteiger partial charge in [-0.2, -0.15) is 0 Å². The molecule has 7 nitrogen and oxygen atoms in total.